The maximum atomic E-state index is 12.8. The second-order valence-electron chi connectivity index (χ2n) is 4.93. The van der Waals surface area contributed by atoms with E-state index in [-0.39, 0.29) is 5.78 Å². The number of benzene rings is 3. The lowest BCUT2D eigenvalue weighted by Gasteiger charge is -2.09. The van der Waals surface area contributed by atoms with Crippen molar-refractivity contribution in [3.05, 3.63) is 80.8 Å². The van der Waals surface area contributed by atoms with Gasteiger partial charge in [0.25, 0.3) is 0 Å². The molecule has 1 nitrogen and oxygen atoms in total. The summed E-state index contributed by atoms with van der Waals surface area (Å²) in [6, 6.07) is 17.1. The number of hydrogen-bond acceptors (Lipinski definition) is 1. The van der Waals surface area contributed by atoms with Gasteiger partial charge in [-0.15, -0.1) is 0 Å². The van der Waals surface area contributed by atoms with Gasteiger partial charge in [-0.25, -0.2) is 0 Å². The number of fused-ring (bicyclic) bond motifs is 1. The molecule has 3 heteroatoms. The van der Waals surface area contributed by atoms with Gasteiger partial charge in [-0.2, -0.15) is 0 Å². The van der Waals surface area contributed by atoms with E-state index in [0.717, 1.165) is 16.3 Å². The molecule has 0 aromatic heterocycles. The number of ketones is 1. The first-order valence-electron chi connectivity index (χ1n) is 6.56. The lowest BCUT2D eigenvalue weighted by molar-refractivity contribution is 0.103. The molecule has 21 heavy (non-hydrogen) atoms. The van der Waals surface area contributed by atoms with Crippen LogP contribution in [0.3, 0.4) is 0 Å². The third-order valence-corrected chi connectivity index (χ3v) is 4.45. The summed E-state index contributed by atoms with van der Waals surface area (Å²) in [4.78, 5) is 12.8. The van der Waals surface area contributed by atoms with Crippen LogP contribution in [0.2, 0.25) is 5.02 Å². The van der Waals surface area contributed by atoms with E-state index in [0.29, 0.717) is 20.6 Å². The van der Waals surface area contributed by atoms with Crippen molar-refractivity contribution in [3.8, 4) is 0 Å². The summed E-state index contributed by atoms with van der Waals surface area (Å²) in [6.07, 6.45) is 0. The highest BCUT2D eigenvalue weighted by atomic mass is 79.9. The molecule has 3 aromatic rings. The van der Waals surface area contributed by atoms with Crippen LogP contribution in [-0.2, 0) is 0 Å². The zero-order chi connectivity index (χ0) is 15.0. The molecule has 104 valence electrons. The molecule has 0 fully saturated rings. The largest absolute Gasteiger partial charge is 0.289 e. The average molecular weight is 360 g/mol. The third-order valence-electron chi connectivity index (χ3n) is 3.56. The van der Waals surface area contributed by atoms with Crippen LogP contribution in [0.25, 0.3) is 10.8 Å². The highest BCUT2D eigenvalue weighted by Gasteiger charge is 2.16. The summed E-state index contributed by atoms with van der Waals surface area (Å²) in [5.41, 5.74) is 2.49. The van der Waals surface area contributed by atoms with Crippen molar-refractivity contribution >= 4 is 44.1 Å². The van der Waals surface area contributed by atoms with E-state index in [1.165, 1.54) is 0 Å². The van der Waals surface area contributed by atoms with Crippen LogP contribution < -0.4 is 0 Å². The first-order valence-corrected chi connectivity index (χ1v) is 7.73. The Morgan fingerprint density at radius 2 is 1.62 bits per heavy atom. The van der Waals surface area contributed by atoms with Crippen LogP contribution in [0.1, 0.15) is 21.5 Å². The molecule has 0 N–H and O–H groups in total. The minimum atomic E-state index is -0.00487. The van der Waals surface area contributed by atoms with E-state index in [2.05, 4.69) is 22.9 Å². The molecule has 0 saturated heterocycles. The summed E-state index contributed by atoms with van der Waals surface area (Å²) in [7, 11) is 0. The number of halogens is 2. The Labute approximate surface area is 136 Å². The van der Waals surface area contributed by atoms with E-state index in [1.54, 1.807) is 18.2 Å². The first kappa shape index (κ1) is 14.3. The molecule has 0 unspecified atom stereocenters. The van der Waals surface area contributed by atoms with Crippen molar-refractivity contribution in [2.45, 2.75) is 6.92 Å². The molecule has 3 aromatic carbocycles. The summed E-state index contributed by atoms with van der Waals surface area (Å²) >= 11 is 9.36. The SMILES string of the molecule is Cc1ccc(C(=O)c2ccc(Cl)cc2Br)c2ccccc12. The van der Waals surface area contributed by atoms with Crippen molar-refractivity contribution in [1.29, 1.82) is 0 Å². The van der Waals surface area contributed by atoms with Crippen LogP contribution in [0, 0.1) is 6.92 Å². The molecular formula is C18H12BrClO. The maximum Gasteiger partial charge on any atom is 0.194 e. The standard InChI is InChI=1S/C18H12BrClO/c1-11-6-8-15(14-5-3-2-4-13(11)14)18(21)16-9-7-12(20)10-17(16)19/h2-10H,1H3. The highest BCUT2D eigenvalue weighted by molar-refractivity contribution is 9.10. The van der Waals surface area contributed by atoms with Gasteiger partial charge in [-0.1, -0.05) is 48.0 Å². The predicted octanol–water partition coefficient (Wildman–Crippen LogP) is 5.80. The Morgan fingerprint density at radius 1 is 0.952 bits per heavy atom. The smallest absolute Gasteiger partial charge is 0.194 e. The number of rotatable bonds is 2. The van der Waals surface area contributed by atoms with Gasteiger partial charge >= 0.3 is 0 Å². The van der Waals surface area contributed by atoms with Crippen molar-refractivity contribution in [3.63, 3.8) is 0 Å². The van der Waals surface area contributed by atoms with Gasteiger partial charge in [-0.3, -0.25) is 4.79 Å². The molecular weight excluding hydrogens is 348 g/mol. The van der Waals surface area contributed by atoms with Crippen LogP contribution in [0.15, 0.2) is 59.1 Å². The van der Waals surface area contributed by atoms with Crippen molar-refractivity contribution in [1.82, 2.24) is 0 Å². The molecule has 0 amide bonds. The van der Waals surface area contributed by atoms with Crippen molar-refractivity contribution in [2.24, 2.45) is 0 Å². The fourth-order valence-electron chi connectivity index (χ4n) is 2.47. The molecule has 0 radical (unpaired) electrons. The zero-order valence-electron chi connectivity index (χ0n) is 11.4. The summed E-state index contributed by atoms with van der Waals surface area (Å²) in [5, 5.41) is 2.69. The lowest BCUT2D eigenvalue weighted by atomic mass is 9.95. The van der Waals surface area contributed by atoms with E-state index >= 15 is 0 Å². The van der Waals surface area contributed by atoms with E-state index in [1.807, 2.05) is 36.4 Å². The van der Waals surface area contributed by atoms with Gasteiger partial charge in [0.15, 0.2) is 5.78 Å². The van der Waals surface area contributed by atoms with Crippen molar-refractivity contribution in [2.75, 3.05) is 0 Å². The highest BCUT2D eigenvalue weighted by Crippen LogP contribution is 2.28. The predicted molar refractivity (Wildman–Crippen MR) is 91.3 cm³/mol. The van der Waals surface area contributed by atoms with Gasteiger partial charge in [0, 0.05) is 20.6 Å². The van der Waals surface area contributed by atoms with Gasteiger partial charge < -0.3 is 0 Å². The van der Waals surface area contributed by atoms with Crippen LogP contribution >= 0.6 is 27.5 Å². The molecule has 0 saturated carbocycles. The second kappa shape index (κ2) is 5.63. The molecule has 0 spiro atoms. The second-order valence-corrected chi connectivity index (χ2v) is 6.22. The Balaban J connectivity index is 2.21. The fourth-order valence-corrected chi connectivity index (χ4v) is 3.33. The third kappa shape index (κ3) is 2.61. The Hall–Kier alpha value is -1.64. The summed E-state index contributed by atoms with van der Waals surface area (Å²) in [6.45, 7) is 2.05. The fraction of sp³-hybridized carbons (Fsp3) is 0.0556. The van der Waals surface area contributed by atoms with Crippen LogP contribution in [0.5, 0.6) is 0 Å². The van der Waals surface area contributed by atoms with Crippen LogP contribution in [-0.4, -0.2) is 5.78 Å². The molecule has 3 rings (SSSR count). The van der Waals surface area contributed by atoms with Crippen LogP contribution in [0.4, 0.5) is 0 Å². The quantitative estimate of drug-likeness (QED) is 0.529. The number of carbonyl (C=O) groups excluding carboxylic acids is 1. The zero-order valence-corrected chi connectivity index (χ0v) is 13.7. The molecule has 0 atom stereocenters. The maximum absolute atomic E-state index is 12.8. The number of hydrogen-bond donors (Lipinski definition) is 0. The summed E-state index contributed by atoms with van der Waals surface area (Å²) < 4.78 is 0.713. The first-order chi connectivity index (χ1) is 10.1. The van der Waals surface area contributed by atoms with E-state index < -0.39 is 0 Å². The number of carbonyl (C=O) groups is 1. The number of aryl methyl sites for hydroxylation is 1. The summed E-state index contributed by atoms with van der Waals surface area (Å²) in [5.74, 6) is -0.00487. The molecule has 0 bridgehead atoms. The minimum absolute atomic E-state index is 0.00487. The minimum Gasteiger partial charge on any atom is -0.289 e. The lowest BCUT2D eigenvalue weighted by Crippen LogP contribution is -2.03. The van der Waals surface area contributed by atoms with Crippen molar-refractivity contribution < 1.29 is 4.79 Å². The Kier molecular flexibility index (Phi) is 3.83. The Morgan fingerprint density at radius 3 is 2.33 bits per heavy atom. The topological polar surface area (TPSA) is 17.1 Å². The molecule has 0 heterocycles. The van der Waals surface area contributed by atoms with Gasteiger partial charge in [0.1, 0.15) is 0 Å². The molecule has 0 aliphatic carbocycles. The Bertz CT molecular complexity index is 855. The van der Waals surface area contributed by atoms with Gasteiger partial charge in [-0.05, 0) is 57.4 Å². The van der Waals surface area contributed by atoms with Gasteiger partial charge in [0.05, 0.1) is 0 Å². The molecule has 0 aliphatic rings. The van der Waals surface area contributed by atoms with Gasteiger partial charge in [0.2, 0.25) is 0 Å². The average Bonchev–Trinajstić information content (AvgIpc) is 2.47. The molecule has 0 aliphatic heterocycles. The van der Waals surface area contributed by atoms with E-state index in [4.69, 9.17) is 11.6 Å². The monoisotopic (exact) mass is 358 g/mol. The normalized spacial score (nSPS) is 10.8. The van der Waals surface area contributed by atoms with E-state index in [9.17, 15) is 4.79 Å².